The molecule has 17 heavy (non-hydrogen) atoms. The standard InChI is InChI=1S/C14H25IN2/c1-7-13(11(3)15)17-9-10(2)8-14(5,6)16-12(17)4/h7,10-11H,8-9H2,1-6H3/b13-7-. The lowest BCUT2D eigenvalue weighted by molar-refractivity contribution is 0.352. The molecule has 0 saturated carbocycles. The third-order valence-electron chi connectivity index (χ3n) is 3.21. The molecule has 98 valence electrons. The number of nitrogens with zero attached hydrogens (tertiary/aromatic N) is 2. The van der Waals surface area contributed by atoms with Crippen molar-refractivity contribution in [2.45, 2.75) is 57.4 Å². The fourth-order valence-electron chi connectivity index (χ4n) is 2.80. The minimum Gasteiger partial charge on any atom is -0.333 e. The van der Waals surface area contributed by atoms with E-state index in [1.54, 1.807) is 0 Å². The number of halogens is 1. The van der Waals surface area contributed by atoms with Crippen molar-refractivity contribution in [3.05, 3.63) is 11.8 Å². The fourth-order valence-corrected chi connectivity index (χ4v) is 3.49. The molecule has 0 aromatic carbocycles. The third-order valence-corrected chi connectivity index (χ3v) is 3.85. The molecule has 3 heteroatoms. The zero-order valence-corrected chi connectivity index (χ0v) is 14.1. The predicted octanol–water partition coefficient (Wildman–Crippen LogP) is 4.25. The van der Waals surface area contributed by atoms with Crippen molar-refractivity contribution in [3.63, 3.8) is 0 Å². The van der Waals surface area contributed by atoms with Gasteiger partial charge in [-0.1, -0.05) is 35.6 Å². The maximum atomic E-state index is 4.89. The normalized spacial score (nSPS) is 27.5. The van der Waals surface area contributed by atoms with Crippen molar-refractivity contribution in [1.29, 1.82) is 0 Å². The second-order valence-electron chi connectivity index (χ2n) is 5.72. The minimum atomic E-state index is 0.0750. The van der Waals surface area contributed by atoms with Crippen molar-refractivity contribution < 1.29 is 0 Å². The predicted molar refractivity (Wildman–Crippen MR) is 84.9 cm³/mol. The van der Waals surface area contributed by atoms with Crippen molar-refractivity contribution >= 4 is 28.4 Å². The number of rotatable bonds is 2. The monoisotopic (exact) mass is 348 g/mol. The molecule has 0 aromatic heterocycles. The Morgan fingerprint density at radius 2 is 2.18 bits per heavy atom. The average Bonchev–Trinajstić information content (AvgIpc) is 2.22. The van der Waals surface area contributed by atoms with Crippen LogP contribution in [0, 0.1) is 5.92 Å². The Balaban J connectivity index is 3.07. The van der Waals surface area contributed by atoms with Gasteiger partial charge in [-0.15, -0.1) is 0 Å². The SMILES string of the molecule is C/C=C(/C(C)I)N1CC(C)CC(C)(C)N=C1C. The molecule has 0 aliphatic carbocycles. The highest BCUT2D eigenvalue weighted by atomic mass is 127. The molecule has 1 aliphatic rings. The van der Waals surface area contributed by atoms with Crippen LogP contribution in [0.4, 0.5) is 0 Å². The van der Waals surface area contributed by atoms with Crippen molar-refractivity contribution in [2.75, 3.05) is 6.54 Å². The van der Waals surface area contributed by atoms with Gasteiger partial charge < -0.3 is 4.90 Å². The molecular weight excluding hydrogens is 323 g/mol. The molecule has 0 N–H and O–H groups in total. The summed E-state index contributed by atoms with van der Waals surface area (Å²) in [5, 5.41) is 0. The van der Waals surface area contributed by atoms with Gasteiger partial charge in [0.1, 0.15) is 5.84 Å². The van der Waals surface area contributed by atoms with E-state index in [4.69, 9.17) is 4.99 Å². The van der Waals surface area contributed by atoms with Crippen LogP contribution in [-0.2, 0) is 0 Å². The van der Waals surface area contributed by atoms with Crippen molar-refractivity contribution in [1.82, 2.24) is 4.90 Å². The van der Waals surface area contributed by atoms with Crippen LogP contribution >= 0.6 is 22.6 Å². The van der Waals surface area contributed by atoms with Crippen molar-refractivity contribution in [2.24, 2.45) is 10.9 Å². The van der Waals surface area contributed by atoms with Crippen LogP contribution in [0.25, 0.3) is 0 Å². The van der Waals surface area contributed by atoms with Gasteiger partial charge in [0.2, 0.25) is 0 Å². The van der Waals surface area contributed by atoms with E-state index in [0.29, 0.717) is 9.84 Å². The van der Waals surface area contributed by atoms with Crippen LogP contribution in [0.1, 0.15) is 48.0 Å². The summed E-state index contributed by atoms with van der Waals surface area (Å²) >= 11 is 2.48. The Morgan fingerprint density at radius 3 is 2.65 bits per heavy atom. The highest BCUT2D eigenvalue weighted by Gasteiger charge is 2.28. The minimum absolute atomic E-state index is 0.0750. The lowest BCUT2D eigenvalue weighted by Crippen LogP contribution is -2.33. The zero-order chi connectivity index (χ0) is 13.2. The molecule has 0 fully saturated rings. The molecule has 0 aromatic rings. The van der Waals surface area contributed by atoms with Crippen LogP contribution < -0.4 is 0 Å². The molecule has 0 spiro atoms. The van der Waals surface area contributed by atoms with E-state index in [9.17, 15) is 0 Å². The summed E-state index contributed by atoms with van der Waals surface area (Å²) in [6, 6.07) is 0. The second kappa shape index (κ2) is 5.72. The fraction of sp³-hybridized carbons (Fsp3) is 0.786. The molecule has 0 radical (unpaired) electrons. The van der Waals surface area contributed by atoms with Gasteiger partial charge in [0, 0.05) is 16.2 Å². The summed E-state index contributed by atoms with van der Waals surface area (Å²) in [6.45, 7) is 14.4. The first-order valence-corrected chi connectivity index (χ1v) is 7.65. The molecule has 2 unspecified atom stereocenters. The van der Waals surface area contributed by atoms with Gasteiger partial charge in [-0.25, -0.2) is 0 Å². The number of alkyl halides is 1. The van der Waals surface area contributed by atoms with E-state index in [2.05, 4.69) is 75.1 Å². The maximum absolute atomic E-state index is 4.89. The number of hydrogen-bond donors (Lipinski definition) is 0. The van der Waals surface area contributed by atoms with Crippen molar-refractivity contribution in [3.8, 4) is 0 Å². The summed E-state index contributed by atoms with van der Waals surface area (Å²) in [4.78, 5) is 7.29. The van der Waals surface area contributed by atoms with Crippen LogP contribution in [-0.4, -0.2) is 26.7 Å². The second-order valence-corrected chi connectivity index (χ2v) is 7.59. The summed E-state index contributed by atoms with van der Waals surface area (Å²) in [5.41, 5.74) is 1.46. The molecule has 2 nitrogen and oxygen atoms in total. The van der Waals surface area contributed by atoms with E-state index < -0.39 is 0 Å². The van der Waals surface area contributed by atoms with E-state index in [1.807, 2.05) is 0 Å². The summed E-state index contributed by atoms with van der Waals surface area (Å²) in [6.07, 6.45) is 3.38. The van der Waals surface area contributed by atoms with Crippen LogP contribution in [0.2, 0.25) is 0 Å². The Kier molecular flexibility index (Phi) is 5.05. The van der Waals surface area contributed by atoms with Gasteiger partial charge in [0.05, 0.1) is 5.54 Å². The summed E-state index contributed by atoms with van der Waals surface area (Å²) in [5.74, 6) is 1.84. The first-order valence-electron chi connectivity index (χ1n) is 6.41. The summed E-state index contributed by atoms with van der Waals surface area (Å²) in [7, 11) is 0. The number of allylic oxidation sites excluding steroid dienone is 2. The smallest absolute Gasteiger partial charge is 0.101 e. The molecule has 1 heterocycles. The van der Waals surface area contributed by atoms with Gasteiger partial charge >= 0.3 is 0 Å². The maximum Gasteiger partial charge on any atom is 0.101 e. The number of aliphatic imine (C=N–C) groups is 1. The Bertz CT molecular complexity index is 329. The first-order chi connectivity index (χ1) is 7.76. The summed E-state index contributed by atoms with van der Waals surface area (Å²) < 4.78 is 0.524. The molecule has 1 aliphatic heterocycles. The quantitative estimate of drug-likeness (QED) is 0.538. The van der Waals surface area contributed by atoms with Crippen LogP contribution in [0.5, 0.6) is 0 Å². The van der Waals surface area contributed by atoms with Gasteiger partial charge in [0.15, 0.2) is 0 Å². The third kappa shape index (κ3) is 3.97. The average molecular weight is 348 g/mol. The first kappa shape index (κ1) is 15.0. The topological polar surface area (TPSA) is 15.6 Å². The molecule has 0 saturated heterocycles. The zero-order valence-electron chi connectivity index (χ0n) is 11.9. The lowest BCUT2D eigenvalue weighted by atomic mass is 9.92. The van der Waals surface area contributed by atoms with Crippen LogP contribution in [0.15, 0.2) is 16.8 Å². The Morgan fingerprint density at radius 1 is 1.59 bits per heavy atom. The molecule has 1 rings (SSSR count). The highest BCUT2D eigenvalue weighted by molar-refractivity contribution is 14.1. The van der Waals surface area contributed by atoms with E-state index in [0.717, 1.165) is 18.8 Å². The number of amidine groups is 1. The molecule has 0 bridgehead atoms. The van der Waals surface area contributed by atoms with Gasteiger partial charge in [-0.3, -0.25) is 4.99 Å². The molecular formula is C14H25IN2. The molecule has 0 amide bonds. The lowest BCUT2D eigenvalue weighted by Gasteiger charge is -2.29. The highest BCUT2D eigenvalue weighted by Crippen LogP contribution is 2.29. The van der Waals surface area contributed by atoms with E-state index in [-0.39, 0.29) is 5.54 Å². The number of hydrogen-bond acceptors (Lipinski definition) is 2. The largest absolute Gasteiger partial charge is 0.333 e. The van der Waals surface area contributed by atoms with Gasteiger partial charge in [0.25, 0.3) is 0 Å². The Hall–Kier alpha value is -0.0600. The van der Waals surface area contributed by atoms with E-state index >= 15 is 0 Å². The Labute approximate surface area is 120 Å². The van der Waals surface area contributed by atoms with Gasteiger partial charge in [-0.05, 0) is 47.0 Å². The van der Waals surface area contributed by atoms with Crippen LogP contribution in [0.3, 0.4) is 0 Å². The molecule has 2 atom stereocenters. The van der Waals surface area contributed by atoms with E-state index in [1.165, 1.54) is 5.70 Å². The van der Waals surface area contributed by atoms with Gasteiger partial charge in [-0.2, -0.15) is 0 Å².